The van der Waals surface area contributed by atoms with E-state index in [1.165, 1.54) is 10.8 Å². The maximum Gasteiger partial charge on any atom is 0.323 e. The number of nitrogens with zero attached hydrogens (tertiary/aromatic N) is 1. The fraction of sp³-hybridized carbons (Fsp3) is 0.167. The third-order valence-electron chi connectivity index (χ3n) is 2.69. The predicted molar refractivity (Wildman–Crippen MR) is 64.7 cm³/mol. The van der Waals surface area contributed by atoms with Crippen molar-refractivity contribution in [3.8, 4) is 0 Å². The second-order valence-corrected chi connectivity index (χ2v) is 4.20. The van der Waals surface area contributed by atoms with Crippen molar-refractivity contribution in [1.29, 1.82) is 0 Å². The van der Waals surface area contributed by atoms with Crippen LogP contribution in [-0.4, -0.2) is 21.9 Å². The molecule has 17 heavy (non-hydrogen) atoms. The van der Waals surface area contributed by atoms with Crippen molar-refractivity contribution < 1.29 is 14.7 Å². The van der Waals surface area contributed by atoms with Crippen molar-refractivity contribution in [1.82, 2.24) is 4.57 Å². The van der Waals surface area contributed by atoms with Gasteiger partial charge in [-0.15, -0.1) is 0 Å². The molecule has 2 rings (SSSR count). The van der Waals surface area contributed by atoms with Crippen LogP contribution in [0.5, 0.6) is 0 Å². The molecular formula is C12H10ClNO3. The highest BCUT2D eigenvalue weighted by molar-refractivity contribution is 6.32. The normalized spacial score (nSPS) is 10.7. The Labute approximate surface area is 102 Å². The summed E-state index contributed by atoms with van der Waals surface area (Å²) in [6, 6.07) is 3.43. The molecule has 0 amide bonds. The molecule has 0 bridgehead atoms. The molecule has 1 heterocycles. The monoisotopic (exact) mass is 251 g/mol. The van der Waals surface area contributed by atoms with Crippen LogP contribution >= 0.6 is 11.6 Å². The maximum atomic E-state index is 10.9. The number of fused-ring (bicyclic) bond motifs is 1. The van der Waals surface area contributed by atoms with Crippen LogP contribution in [0.2, 0.25) is 5.02 Å². The lowest BCUT2D eigenvalue weighted by Crippen LogP contribution is -2.07. The van der Waals surface area contributed by atoms with Gasteiger partial charge in [0, 0.05) is 22.2 Å². The SMILES string of the molecule is Cc1c(Cl)ccc2c(C=O)cn(CC(=O)O)c12. The number of aryl methyl sites for hydroxylation is 1. The molecule has 1 N–H and O–H groups in total. The Morgan fingerprint density at radius 1 is 1.53 bits per heavy atom. The summed E-state index contributed by atoms with van der Waals surface area (Å²) < 4.78 is 1.53. The Bertz CT molecular complexity index is 616. The van der Waals surface area contributed by atoms with Crippen LogP contribution in [0.1, 0.15) is 15.9 Å². The molecule has 0 radical (unpaired) electrons. The molecule has 1 aromatic heterocycles. The van der Waals surface area contributed by atoms with Crippen LogP contribution in [0.15, 0.2) is 18.3 Å². The summed E-state index contributed by atoms with van der Waals surface area (Å²) in [6.45, 7) is 1.61. The molecule has 0 saturated heterocycles. The van der Waals surface area contributed by atoms with Crippen LogP contribution in [0.25, 0.3) is 10.9 Å². The van der Waals surface area contributed by atoms with Gasteiger partial charge in [-0.2, -0.15) is 0 Å². The average molecular weight is 252 g/mol. The summed E-state index contributed by atoms with van der Waals surface area (Å²) in [7, 11) is 0. The lowest BCUT2D eigenvalue weighted by molar-refractivity contribution is -0.137. The lowest BCUT2D eigenvalue weighted by Gasteiger charge is -2.05. The van der Waals surface area contributed by atoms with E-state index in [1.807, 2.05) is 0 Å². The van der Waals surface area contributed by atoms with Gasteiger partial charge < -0.3 is 9.67 Å². The summed E-state index contributed by atoms with van der Waals surface area (Å²) >= 11 is 6.00. The number of carboxylic acid groups (broad SMARTS) is 1. The van der Waals surface area contributed by atoms with E-state index in [0.29, 0.717) is 22.4 Å². The fourth-order valence-electron chi connectivity index (χ4n) is 1.94. The van der Waals surface area contributed by atoms with Crippen molar-refractivity contribution in [2.45, 2.75) is 13.5 Å². The number of carbonyl (C=O) groups is 2. The zero-order chi connectivity index (χ0) is 12.6. The number of hydrogen-bond donors (Lipinski definition) is 1. The van der Waals surface area contributed by atoms with Gasteiger partial charge in [0.1, 0.15) is 6.54 Å². The number of carboxylic acids is 1. The molecule has 1 aromatic carbocycles. The number of aromatic nitrogens is 1. The van der Waals surface area contributed by atoms with Gasteiger partial charge in [0.25, 0.3) is 0 Å². The molecule has 0 atom stereocenters. The Morgan fingerprint density at radius 3 is 2.82 bits per heavy atom. The van der Waals surface area contributed by atoms with E-state index < -0.39 is 5.97 Å². The fourth-order valence-corrected chi connectivity index (χ4v) is 2.10. The smallest absolute Gasteiger partial charge is 0.323 e. The lowest BCUT2D eigenvalue weighted by atomic mass is 10.1. The molecule has 0 aliphatic rings. The van der Waals surface area contributed by atoms with Gasteiger partial charge in [-0.05, 0) is 18.6 Å². The highest BCUT2D eigenvalue weighted by Crippen LogP contribution is 2.28. The summed E-state index contributed by atoms with van der Waals surface area (Å²) in [4.78, 5) is 21.7. The topological polar surface area (TPSA) is 59.3 Å². The zero-order valence-corrected chi connectivity index (χ0v) is 9.86. The van der Waals surface area contributed by atoms with E-state index in [2.05, 4.69) is 0 Å². The van der Waals surface area contributed by atoms with Crippen LogP contribution in [0.4, 0.5) is 0 Å². The van der Waals surface area contributed by atoms with Crippen LogP contribution in [0.3, 0.4) is 0 Å². The number of benzene rings is 1. The summed E-state index contributed by atoms with van der Waals surface area (Å²) in [5.41, 5.74) is 1.95. The first kappa shape index (κ1) is 11.7. The van der Waals surface area contributed by atoms with Gasteiger partial charge in [0.05, 0.1) is 5.52 Å². The molecule has 88 valence electrons. The molecule has 0 aliphatic heterocycles. The van der Waals surface area contributed by atoms with Gasteiger partial charge in [-0.25, -0.2) is 0 Å². The highest BCUT2D eigenvalue weighted by atomic mass is 35.5. The number of carbonyl (C=O) groups excluding carboxylic acids is 1. The molecule has 0 saturated carbocycles. The number of aliphatic carboxylic acids is 1. The van der Waals surface area contributed by atoms with Gasteiger partial charge >= 0.3 is 5.97 Å². The van der Waals surface area contributed by atoms with Crippen molar-refractivity contribution >= 4 is 34.8 Å². The van der Waals surface area contributed by atoms with Crippen molar-refractivity contribution in [2.24, 2.45) is 0 Å². The van der Waals surface area contributed by atoms with Crippen LogP contribution in [0, 0.1) is 6.92 Å². The third kappa shape index (κ3) is 1.91. The molecule has 0 unspecified atom stereocenters. The van der Waals surface area contributed by atoms with Gasteiger partial charge in [-0.1, -0.05) is 17.7 Å². The van der Waals surface area contributed by atoms with Gasteiger partial charge in [-0.3, -0.25) is 9.59 Å². The minimum atomic E-state index is -0.960. The van der Waals surface area contributed by atoms with Crippen LogP contribution < -0.4 is 0 Å². The van der Waals surface area contributed by atoms with E-state index in [0.717, 1.165) is 10.9 Å². The number of halogens is 1. The first-order valence-electron chi connectivity index (χ1n) is 4.99. The quantitative estimate of drug-likeness (QED) is 0.853. The van der Waals surface area contributed by atoms with E-state index in [1.54, 1.807) is 19.1 Å². The molecular weight excluding hydrogens is 242 g/mol. The van der Waals surface area contributed by atoms with Crippen molar-refractivity contribution in [2.75, 3.05) is 0 Å². The number of hydrogen-bond acceptors (Lipinski definition) is 2. The Kier molecular flexibility index (Phi) is 2.90. The Balaban J connectivity index is 2.79. The molecule has 2 aromatic rings. The third-order valence-corrected chi connectivity index (χ3v) is 3.10. The summed E-state index contributed by atoms with van der Waals surface area (Å²) in [5.74, 6) is -0.960. The highest BCUT2D eigenvalue weighted by Gasteiger charge is 2.13. The first-order valence-corrected chi connectivity index (χ1v) is 5.37. The standard InChI is InChI=1S/C12H10ClNO3/c1-7-10(13)3-2-9-8(6-15)4-14(12(7)9)5-11(16)17/h2-4,6H,5H2,1H3,(H,16,17). The average Bonchev–Trinajstić information content (AvgIpc) is 2.61. The van der Waals surface area contributed by atoms with Gasteiger partial charge in [0.15, 0.2) is 6.29 Å². The maximum absolute atomic E-state index is 10.9. The van der Waals surface area contributed by atoms with Crippen LogP contribution in [-0.2, 0) is 11.3 Å². The second kappa shape index (κ2) is 4.22. The Morgan fingerprint density at radius 2 is 2.24 bits per heavy atom. The molecule has 4 nitrogen and oxygen atoms in total. The first-order chi connectivity index (χ1) is 8.04. The minimum Gasteiger partial charge on any atom is -0.480 e. The predicted octanol–water partition coefficient (Wildman–Crippen LogP) is 2.50. The molecule has 0 fully saturated rings. The van der Waals surface area contributed by atoms with Crippen molar-refractivity contribution in [3.63, 3.8) is 0 Å². The van der Waals surface area contributed by atoms with E-state index in [-0.39, 0.29) is 6.54 Å². The minimum absolute atomic E-state index is 0.189. The Hall–Kier alpha value is -1.81. The molecule has 5 heteroatoms. The zero-order valence-electron chi connectivity index (χ0n) is 9.11. The van der Waals surface area contributed by atoms with E-state index in [9.17, 15) is 9.59 Å². The summed E-state index contributed by atoms with van der Waals surface area (Å²) in [5, 5.41) is 10.1. The number of rotatable bonds is 3. The van der Waals surface area contributed by atoms with Crippen molar-refractivity contribution in [3.05, 3.63) is 34.5 Å². The summed E-state index contributed by atoms with van der Waals surface area (Å²) in [6.07, 6.45) is 2.25. The van der Waals surface area contributed by atoms with E-state index in [4.69, 9.17) is 16.7 Å². The molecule has 0 spiro atoms. The van der Waals surface area contributed by atoms with Gasteiger partial charge in [0.2, 0.25) is 0 Å². The molecule has 0 aliphatic carbocycles. The van der Waals surface area contributed by atoms with E-state index >= 15 is 0 Å². The second-order valence-electron chi connectivity index (χ2n) is 3.79. The number of aldehydes is 1. The largest absolute Gasteiger partial charge is 0.480 e.